The first-order valence-electron chi connectivity index (χ1n) is 12.8. The smallest absolute Gasteiger partial charge is 0.314 e. The molecule has 2 aromatic rings. The molecule has 3 aliphatic rings. The van der Waals surface area contributed by atoms with Crippen molar-refractivity contribution in [2.75, 3.05) is 26.2 Å². The van der Waals surface area contributed by atoms with Crippen LogP contribution in [0.5, 0.6) is 0 Å². The minimum absolute atomic E-state index is 0.0178. The van der Waals surface area contributed by atoms with Crippen molar-refractivity contribution in [3.63, 3.8) is 0 Å². The number of nitrogens with two attached hydrogens (primary N) is 1. The highest BCUT2D eigenvalue weighted by molar-refractivity contribution is 9.10. The number of pyridine rings is 1. The molecule has 2 aliphatic heterocycles. The minimum atomic E-state index is -0.377. The predicted octanol–water partition coefficient (Wildman–Crippen LogP) is 4.39. The number of primary amides is 1. The lowest BCUT2D eigenvalue weighted by molar-refractivity contribution is -0.616. The molecule has 3 heterocycles. The summed E-state index contributed by atoms with van der Waals surface area (Å²) >= 11 is 9.84. The maximum Gasteiger partial charge on any atom is 0.314 e. The molecule has 7 nitrogen and oxygen atoms in total. The van der Waals surface area contributed by atoms with Gasteiger partial charge in [-0.2, -0.15) is 4.73 Å². The van der Waals surface area contributed by atoms with Crippen molar-refractivity contribution in [1.29, 1.82) is 0 Å². The molecule has 192 valence electrons. The van der Waals surface area contributed by atoms with E-state index >= 15 is 0 Å². The summed E-state index contributed by atoms with van der Waals surface area (Å²) in [7, 11) is 0. The van der Waals surface area contributed by atoms with Gasteiger partial charge in [-0.25, -0.2) is 4.79 Å². The van der Waals surface area contributed by atoms with E-state index in [1.54, 1.807) is 11.1 Å². The Morgan fingerprint density at radius 3 is 2.39 bits per heavy atom. The highest BCUT2D eigenvalue weighted by atomic mass is 79.9. The van der Waals surface area contributed by atoms with Gasteiger partial charge in [-0.15, -0.1) is 0 Å². The number of rotatable bonds is 3. The molecule has 2 fully saturated rings. The van der Waals surface area contributed by atoms with Crippen LogP contribution in [-0.4, -0.2) is 47.9 Å². The molecule has 5 rings (SSSR count). The quantitative estimate of drug-likeness (QED) is 0.435. The zero-order valence-electron chi connectivity index (χ0n) is 20.3. The molecule has 3 amide bonds. The summed E-state index contributed by atoms with van der Waals surface area (Å²) in [6, 6.07) is 7.76. The number of amides is 3. The molecule has 9 heteroatoms. The van der Waals surface area contributed by atoms with Crippen LogP contribution in [0.4, 0.5) is 4.79 Å². The molecule has 1 aromatic heterocycles. The Labute approximate surface area is 225 Å². The third-order valence-electron chi connectivity index (χ3n) is 8.27. The number of urea groups is 1. The van der Waals surface area contributed by atoms with E-state index in [0.29, 0.717) is 38.5 Å². The fourth-order valence-electron chi connectivity index (χ4n) is 6.34. The van der Waals surface area contributed by atoms with Gasteiger partial charge in [-0.1, -0.05) is 17.7 Å². The van der Waals surface area contributed by atoms with Crippen molar-refractivity contribution in [2.24, 2.45) is 17.6 Å². The van der Waals surface area contributed by atoms with E-state index in [0.717, 1.165) is 64.0 Å². The van der Waals surface area contributed by atoms with Crippen molar-refractivity contribution in [3.8, 4) is 0 Å². The first kappa shape index (κ1) is 25.3. The van der Waals surface area contributed by atoms with Gasteiger partial charge in [0.15, 0.2) is 6.20 Å². The number of piperidine rings is 2. The van der Waals surface area contributed by atoms with Gasteiger partial charge < -0.3 is 20.7 Å². The van der Waals surface area contributed by atoms with E-state index in [4.69, 9.17) is 17.3 Å². The molecular formula is C27H32BrClN4O3. The average molecular weight is 576 g/mol. The summed E-state index contributed by atoms with van der Waals surface area (Å²) in [6.07, 6.45) is 7.13. The van der Waals surface area contributed by atoms with Crippen LogP contribution in [0.15, 0.2) is 34.9 Å². The third-order valence-corrected chi connectivity index (χ3v) is 8.94. The largest absolute Gasteiger partial charge is 0.618 e. The predicted molar refractivity (Wildman–Crippen MR) is 142 cm³/mol. The van der Waals surface area contributed by atoms with Gasteiger partial charge in [0.1, 0.15) is 0 Å². The molecule has 1 aliphatic carbocycles. The van der Waals surface area contributed by atoms with Gasteiger partial charge in [-0.05, 0) is 95.6 Å². The maximum absolute atomic E-state index is 13.2. The van der Waals surface area contributed by atoms with Gasteiger partial charge in [0.2, 0.25) is 11.6 Å². The number of nitrogens with zero attached hydrogens (tertiary/aromatic N) is 3. The summed E-state index contributed by atoms with van der Waals surface area (Å²) in [5, 5.41) is 13.9. The van der Waals surface area contributed by atoms with Crippen LogP contribution in [0, 0.1) is 17.0 Å². The lowest BCUT2D eigenvalue weighted by atomic mass is 9.76. The Morgan fingerprint density at radius 1 is 1.03 bits per heavy atom. The number of fused-ring (bicyclic) bond motifs is 2. The van der Waals surface area contributed by atoms with E-state index in [1.807, 2.05) is 17.0 Å². The van der Waals surface area contributed by atoms with Crippen molar-refractivity contribution in [2.45, 2.75) is 50.9 Å². The van der Waals surface area contributed by atoms with Crippen LogP contribution in [0.25, 0.3) is 0 Å². The second kappa shape index (κ2) is 10.6. The van der Waals surface area contributed by atoms with Crippen LogP contribution in [-0.2, 0) is 17.6 Å². The topological polar surface area (TPSA) is 93.6 Å². The van der Waals surface area contributed by atoms with E-state index < -0.39 is 0 Å². The van der Waals surface area contributed by atoms with Gasteiger partial charge >= 0.3 is 6.03 Å². The summed E-state index contributed by atoms with van der Waals surface area (Å²) in [5.74, 6) is 0.748. The van der Waals surface area contributed by atoms with Crippen molar-refractivity contribution >= 4 is 39.5 Å². The standard InChI is InChI=1S/C27H32BrClN4O3/c28-21-14-20-2-1-19-15-22(29)3-4-23(19)25(26(20)33(36)16-21)18-7-11-31(12-8-18)24(34)13-17-5-9-32(10-6-17)27(30)35/h3-4,14-18,25H,1-2,5-13H2,(H2,30,35)/t25-/m0/s1. The molecule has 0 radical (unpaired) electrons. The van der Waals surface area contributed by atoms with Crippen LogP contribution in [0.1, 0.15) is 60.4 Å². The van der Waals surface area contributed by atoms with E-state index in [9.17, 15) is 14.8 Å². The van der Waals surface area contributed by atoms with Gasteiger partial charge in [0.05, 0.1) is 10.4 Å². The summed E-state index contributed by atoms with van der Waals surface area (Å²) in [5.41, 5.74) is 9.70. The number of likely N-dealkylation sites (tertiary alicyclic amines) is 2. The minimum Gasteiger partial charge on any atom is -0.618 e. The Kier molecular flexibility index (Phi) is 7.45. The number of halogens is 2. The van der Waals surface area contributed by atoms with E-state index in [2.05, 4.69) is 28.1 Å². The highest BCUT2D eigenvalue weighted by Crippen LogP contribution is 2.43. The Hall–Kier alpha value is -2.32. The van der Waals surface area contributed by atoms with Crippen molar-refractivity contribution in [3.05, 3.63) is 67.5 Å². The number of hydrogen-bond donors (Lipinski definition) is 1. The second-order valence-electron chi connectivity index (χ2n) is 10.4. The van der Waals surface area contributed by atoms with Crippen LogP contribution in [0.2, 0.25) is 5.02 Å². The van der Waals surface area contributed by atoms with Crippen LogP contribution >= 0.6 is 27.5 Å². The monoisotopic (exact) mass is 574 g/mol. The molecule has 0 unspecified atom stereocenters. The highest BCUT2D eigenvalue weighted by Gasteiger charge is 2.39. The number of aryl methyl sites for hydroxylation is 2. The van der Waals surface area contributed by atoms with Crippen LogP contribution in [0.3, 0.4) is 0 Å². The van der Waals surface area contributed by atoms with Crippen molar-refractivity contribution in [1.82, 2.24) is 9.80 Å². The Balaban J connectivity index is 1.31. The first-order chi connectivity index (χ1) is 17.3. The molecule has 36 heavy (non-hydrogen) atoms. The molecular weight excluding hydrogens is 544 g/mol. The number of benzene rings is 1. The summed E-state index contributed by atoms with van der Waals surface area (Å²) in [4.78, 5) is 28.1. The SMILES string of the molecule is NC(=O)N1CCC(CC(=O)N2CCC([C@H]3c4ccc(Cl)cc4CCc4cc(Br)c[n+]([O-])c43)CC2)CC1. The first-order valence-corrected chi connectivity index (χ1v) is 14.0. The summed E-state index contributed by atoms with van der Waals surface area (Å²) in [6.45, 7) is 2.66. The molecule has 2 N–H and O–H groups in total. The fraction of sp³-hybridized carbons (Fsp3) is 0.519. The van der Waals surface area contributed by atoms with Gasteiger partial charge in [0.25, 0.3) is 0 Å². The summed E-state index contributed by atoms with van der Waals surface area (Å²) < 4.78 is 1.84. The Bertz CT molecular complexity index is 1160. The molecule has 1 aromatic carbocycles. The van der Waals surface area contributed by atoms with Gasteiger partial charge in [-0.3, -0.25) is 4.79 Å². The van der Waals surface area contributed by atoms with Gasteiger partial charge in [0, 0.05) is 43.2 Å². The van der Waals surface area contributed by atoms with Crippen LogP contribution < -0.4 is 10.5 Å². The molecule has 2 saturated heterocycles. The zero-order valence-corrected chi connectivity index (χ0v) is 22.6. The lowest BCUT2D eigenvalue weighted by Crippen LogP contribution is -2.44. The second-order valence-corrected chi connectivity index (χ2v) is 11.8. The Morgan fingerprint density at radius 2 is 1.69 bits per heavy atom. The maximum atomic E-state index is 13.2. The lowest BCUT2D eigenvalue weighted by Gasteiger charge is -2.37. The number of hydrogen-bond acceptors (Lipinski definition) is 3. The van der Waals surface area contributed by atoms with Crippen molar-refractivity contribution < 1.29 is 14.3 Å². The normalized spacial score (nSPS) is 21.0. The van der Waals surface area contributed by atoms with E-state index in [-0.39, 0.29) is 23.8 Å². The number of aromatic nitrogens is 1. The molecule has 0 spiro atoms. The van der Waals surface area contributed by atoms with E-state index in [1.165, 1.54) is 11.1 Å². The average Bonchev–Trinajstić information content (AvgIpc) is 3.01. The fourth-order valence-corrected chi connectivity index (χ4v) is 7.00. The molecule has 0 saturated carbocycles. The third kappa shape index (κ3) is 5.21. The zero-order chi connectivity index (χ0) is 25.4. The number of carbonyl (C=O) groups is 2. The number of carbonyl (C=O) groups excluding carboxylic acids is 2. The molecule has 0 bridgehead atoms. The molecule has 1 atom stereocenters.